The van der Waals surface area contributed by atoms with Crippen molar-refractivity contribution in [1.82, 2.24) is 0 Å². The maximum Gasteiger partial charge on any atom is 0.123 e. The molecule has 0 aromatic rings. The molecular formula is C9H14O. The molecule has 2 rings (SSSR count). The molecule has 0 radical (unpaired) electrons. The molecule has 0 aliphatic heterocycles. The zero-order chi connectivity index (χ0) is 7.14. The van der Waals surface area contributed by atoms with Crippen molar-refractivity contribution >= 4 is 6.29 Å². The number of hydrogen-bond donors (Lipinski definition) is 0. The molecule has 0 heterocycles. The average Bonchev–Trinajstić information content (AvgIpc) is 2.46. The average molecular weight is 138 g/mol. The molecule has 0 saturated heterocycles. The monoisotopic (exact) mass is 138 g/mol. The van der Waals surface area contributed by atoms with E-state index >= 15 is 0 Å². The van der Waals surface area contributed by atoms with Crippen LogP contribution in [0.25, 0.3) is 0 Å². The van der Waals surface area contributed by atoms with Gasteiger partial charge >= 0.3 is 0 Å². The Hall–Kier alpha value is -0.330. The molecule has 1 heteroatoms. The number of carbonyl (C=O) groups is 1. The Labute approximate surface area is 61.8 Å². The summed E-state index contributed by atoms with van der Waals surface area (Å²) in [4.78, 5) is 10.6. The molecule has 0 unspecified atom stereocenters. The van der Waals surface area contributed by atoms with Crippen LogP contribution < -0.4 is 0 Å². The van der Waals surface area contributed by atoms with Crippen molar-refractivity contribution < 1.29 is 4.79 Å². The summed E-state index contributed by atoms with van der Waals surface area (Å²) in [6.07, 6.45) is 5.23. The number of carbonyl (C=O) groups excluding carboxylic acids is 1. The Kier molecular flexibility index (Phi) is 1.33. The lowest BCUT2D eigenvalue weighted by Crippen LogP contribution is -2.20. The first-order chi connectivity index (χ1) is 4.83. The van der Waals surface area contributed by atoms with Gasteiger partial charge < -0.3 is 4.79 Å². The van der Waals surface area contributed by atoms with Crippen LogP contribution in [0.4, 0.5) is 0 Å². The molecule has 0 spiro atoms. The molecule has 0 aromatic heterocycles. The Balaban J connectivity index is 2.16. The topological polar surface area (TPSA) is 17.1 Å². The number of aldehydes is 1. The van der Waals surface area contributed by atoms with Crippen LogP contribution >= 0.6 is 0 Å². The molecule has 2 fully saturated rings. The Morgan fingerprint density at radius 1 is 1.30 bits per heavy atom. The molecule has 2 saturated carbocycles. The van der Waals surface area contributed by atoms with Crippen LogP contribution in [-0.2, 0) is 4.79 Å². The first kappa shape index (κ1) is 6.38. The van der Waals surface area contributed by atoms with E-state index in [4.69, 9.17) is 0 Å². The fourth-order valence-electron chi connectivity index (χ4n) is 2.86. The van der Waals surface area contributed by atoms with Crippen LogP contribution in [0.5, 0.6) is 0 Å². The molecule has 2 aliphatic rings. The first-order valence-electron chi connectivity index (χ1n) is 4.28. The summed E-state index contributed by atoms with van der Waals surface area (Å²) in [5, 5.41) is 0. The van der Waals surface area contributed by atoms with E-state index in [2.05, 4.69) is 6.92 Å². The van der Waals surface area contributed by atoms with E-state index in [0.29, 0.717) is 11.8 Å². The molecule has 0 N–H and O–H groups in total. The van der Waals surface area contributed by atoms with Gasteiger partial charge in [0.15, 0.2) is 0 Å². The highest BCUT2D eigenvalue weighted by molar-refractivity contribution is 5.55. The van der Waals surface area contributed by atoms with Gasteiger partial charge in [-0.1, -0.05) is 6.92 Å². The van der Waals surface area contributed by atoms with Crippen molar-refractivity contribution in [3.63, 3.8) is 0 Å². The van der Waals surface area contributed by atoms with Gasteiger partial charge in [0.2, 0.25) is 0 Å². The summed E-state index contributed by atoms with van der Waals surface area (Å²) in [5.74, 6) is 2.76. The van der Waals surface area contributed by atoms with E-state index in [9.17, 15) is 4.79 Å². The Morgan fingerprint density at radius 3 is 2.40 bits per heavy atom. The lowest BCUT2D eigenvalue weighted by molar-refractivity contribution is -0.113. The maximum atomic E-state index is 10.6. The second kappa shape index (κ2) is 2.08. The smallest absolute Gasteiger partial charge is 0.123 e. The van der Waals surface area contributed by atoms with Crippen molar-refractivity contribution in [2.75, 3.05) is 0 Å². The molecule has 4 atom stereocenters. The third-order valence-corrected chi connectivity index (χ3v) is 3.57. The van der Waals surface area contributed by atoms with Crippen LogP contribution in [-0.4, -0.2) is 6.29 Å². The molecule has 1 nitrogen and oxygen atoms in total. The van der Waals surface area contributed by atoms with E-state index in [-0.39, 0.29) is 0 Å². The molecule has 2 bridgehead atoms. The van der Waals surface area contributed by atoms with Gasteiger partial charge in [0.25, 0.3) is 0 Å². The van der Waals surface area contributed by atoms with Gasteiger partial charge in [0.05, 0.1) is 0 Å². The highest BCUT2D eigenvalue weighted by Gasteiger charge is 2.44. The summed E-state index contributed by atoms with van der Waals surface area (Å²) < 4.78 is 0. The van der Waals surface area contributed by atoms with Gasteiger partial charge in [-0.15, -0.1) is 0 Å². The lowest BCUT2D eigenvalue weighted by atomic mass is 9.81. The van der Waals surface area contributed by atoms with Crippen LogP contribution in [0.3, 0.4) is 0 Å². The standard InChI is InChI=1S/C9H14O/c1-6-7-2-3-8(4-7)9(6)5-10/h5-9H,2-4H2,1H3/t6-,7+,8-,9+/m1/s1. The second-order valence-corrected chi connectivity index (χ2v) is 3.91. The summed E-state index contributed by atoms with van der Waals surface area (Å²) in [5.41, 5.74) is 0. The van der Waals surface area contributed by atoms with Gasteiger partial charge in [-0.3, -0.25) is 0 Å². The number of hydrogen-bond acceptors (Lipinski definition) is 1. The van der Waals surface area contributed by atoms with Crippen molar-refractivity contribution in [3.05, 3.63) is 0 Å². The zero-order valence-electron chi connectivity index (χ0n) is 6.42. The third-order valence-electron chi connectivity index (χ3n) is 3.57. The molecule has 0 amide bonds. The minimum Gasteiger partial charge on any atom is -0.303 e. The molecule has 2 aliphatic carbocycles. The summed E-state index contributed by atoms with van der Waals surface area (Å²) in [6, 6.07) is 0. The van der Waals surface area contributed by atoms with Crippen molar-refractivity contribution in [3.8, 4) is 0 Å². The first-order valence-corrected chi connectivity index (χ1v) is 4.28. The molecule has 56 valence electrons. The SMILES string of the molecule is C[C@@H]1[C@H]2CC[C@H](C2)[C@H]1C=O. The molecule has 0 aromatic carbocycles. The molecule has 10 heavy (non-hydrogen) atoms. The highest BCUT2D eigenvalue weighted by Crippen LogP contribution is 2.51. The minimum atomic E-state index is 0.416. The van der Waals surface area contributed by atoms with Gasteiger partial charge in [-0.05, 0) is 37.0 Å². The minimum absolute atomic E-state index is 0.416. The van der Waals surface area contributed by atoms with E-state index in [1.165, 1.54) is 25.5 Å². The van der Waals surface area contributed by atoms with Crippen molar-refractivity contribution in [2.45, 2.75) is 26.2 Å². The second-order valence-electron chi connectivity index (χ2n) is 3.91. The van der Waals surface area contributed by atoms with Gasteiger partial charge in [0, 0.05) is 5.92 Å². The Bertz CT molecular complexity index is 151. The van der Waals surface area contributed by atoms with E-state index in [1.807, 2.05) is 0 Å². The van der Waals surface area contributed by atoms with E-state index < -0.39 is 0 Å². The fraction of sp³-hybridized carbons (Fsp3) is 0.889. The maximum absolute atomic E-state index is 10.6. The highest BCUT2D eigenvalue weighted by atomic mass is 16.1. The fourth-order valence-corrected chi connectivity index (χ4v) is 2.86. The summed E-state index contributed by atoms with van der Waals surface area (Å²) in [6.45, 7) is 2.24. The van der Waals surface area contributed by atoms with Gasteiger partial charge in [-0.2, -0.15) is 0 Å². The van der Waals surface area contributed by atoms with Crippen LogP contribution in [0.2, 0.25) is 0 Å². The van der Waals surface area contributed by atoms with Crippen LogP contribution in [0, 0.1) is 23.7 Å². The van der Waals surface area contributed by atoms with Crippen molar-refractivity contribution in [1.29, 1.82) is 0 Å². The molecular weight excluding hydrogens is 124 g/mol. The number of rotatable bonds is 1. The lowest BCUT2D eigenvalue weighted by Gasteiger charge is -2.22. The van der Waals surface area contributed by atoms with Crippen LogP contribution in [0.15, 0.2) is 0 Å². The quantitative estimate of drug-likeness (QED) is 0.505. The van der Waals surface area contributed by atoms with E-state index in [1.54, 1.807) is 0 Å². The van der Waals surface area contributed by atoms with Crippen LogP contribution in [0.1, 0.15) is 26.2 Å². The predicted molar refractivity (Wildman–Crippen MR) is 39.5 cm³/mol. The van der Waals surface area contributed by atoms with E-state index in [0.717, 1.165) is 11.8 Å². The van der Waals surface area contributed by atoms with Crippen molar-refractivity contribution in [2.24, 2.45) is 23.7 Å². The zero-order valence-corrected chi connectivity index (χ0v) is 6.42. The summed E-state index contributed by atoms with van der Waals surface area (Å²) >= 11 is 0. The van der Waals surface area contributed by atoms with Gasteiger partial charge in [0.1, 0.15) is 6.29 Å². The van der Waals surface area contributed by atoms with Gasteiger partial charge in [-0.25, -0.2) is 0 Å². The predicted octanol–water partition coefficient (Wildman–Crippen LogP) is 1.87. The third kappa shape index (κ3) is 0.664. The normalized spacial score (nSPS) is 51.7. The number of fused-ring (bicyclic) bond motifs is 2. The largest absolute Gasteiger partial charge is 0.303 e. The summed E-state index contributed by atoms with van der Waals surface area (Å²) in [7, 11) is 0. The Morgan fingerprint density at radius 2 is 2.00 bits per heavy atom.